The van der Waals surface area contributed by atoms with Crippen LogP contribution in [0.25, 0.3) is 0 Å². The highest BCUT2D eigenvalue weighted by Crippen LogP contribution is 2.27. The molecule has 0 aromatic carbocycles. The summed E-state index contributed by atoms with van der Waals surface area (Å²) < 4.78 is 24.5. The van der Waals surface area contributed by atoms with Gasteiger partial charge < -0.3 is 5.32 Å². The zero-order chi connectivity index (χ0) is 9.47. The number of nitrogens with zero attached hydrogens (tertiary/aromatic N) is 1. The minimum absolute atomic E-state index is 0. The Kier molecular flexibility index (Phi) is 3.80. The van der Waals surface area contributed by atoms with E-state index in [9.17, 15) is 8.42 Å². The molecule has 0 radical (unpaired) electrons. The molecule has 1 N–H and O–H groups in total. The van der Waals surface area contributed by atoms with Crippen LogP contribution in [-0.2, 0) is 10.0 Å². The van der Waals surface area contributed by atoms with Crippen LogP contribution in [-0.4, -0.2) is 44.7 Å². The zero-order valence-electron chi connectivity index (χ0n) is 8.27. The van der Waals surface area contributed by atoms with Crippen LogP contribution < -0.4 is 5.32 Å². The van der Waals surface area contributed by atoms with Gasteiger partial charge in [-0.25, -0.2) is 8.42 Å². The van der Waals surface area contributed by atoms with Crippen molar-refractivity contribution in [2.75, 3.05) is 25.9 Å². The normalized spacial score (nSPS) is 33.5. The van der Waals surface area contributed by atoms with E-state index in [1.165, 1.54) is 12.7 Å². The van der Waals surface area contributed by atoms with Gasteiger partial charge in [-0.2, -0.15) is 4.31 Å². The minimum Gasteiger partial charge on any atom is -0.315 e. The summed E-state index contributed by atoms with van der Waals surface area (Å²) in [5.41, 5.74) is 0. The maximum Gasteiger partial charge on any atom is 0.211 e. The fourth-order valence-corrected chi connectivity index (χ4v) is 3.64. The third-order valence-corrected chi connectivity index (χ3v) is 4.36. The van der Waals surface area contributed by atoms with E-state index in [2.05, 4.69) is 5.32 Å². The molecule has 0 saturated carbocycles. The monoisotopic (exact) mass is 240 g/mol. The third-order valence-electron chi connectivity index (χ3n) is 3.05. The summed E-state index contributed by atoms with van der Waals surface area (Å²) in [6, 6.07) is 0.226. The number of piperidine rings is 1. The molecule has 2 fully saturated rings. The number of sulfonamides is 1. The first kappa shape index (κ1) is 12.2. The minimum atomic E-state index is -2.99. The van der Waals surface area contributed by atoms with Crippen LogP contribution in [0.5, 0.6) is 0 Å². The van der Waals surface area contributed by atoms with E-state index in [1.54, 1.807) is 4.31 Å². The van der Waals surface area contributed by atoms with Crippen molar-refractivity contribution in [1.29, 1.82) is 0 Å². The summed E-state index contributed by atoms with van der Waals surface area (Å²) in [5.74, 6) is 0.545. The van der Waals surface area contributed by atoms with E-state index in [1.807, 2.05) is 0 Å². The molecule has 0 aliphatic carbocycles. The van der Waals surface area contributed by atoms with Gasteiger partial charge in [-0.1, -0.05) is 0 Å². The molecule has 4 nitrogen and oxygen atoms in total. The molecule has 2 rings (SSSR count). The highest BCUT2D eigenvalue weighted by Gasteiger charge is 2.38. The molecular weight excluding hydrogens is 224 g/mol. The molecule has 0 spiro atoms. The second kappa shape index (κ2) is 4.35. The maximum atomic E-state index is 11.4. The largest absolute Gasteiger partial charge is 0.315 e. The van der Waals surface area contributed by atoms with Gasteiger partial charge in [0, 0.05) is 19.1 Å². The van der Waals surface area contributed by atoms with Crippen molar-refractivity contribution >= 4 is 22.4 Å². The van der Waals surface area contributed by atoms with Crippen LogP contribution >= 0.6 is 12.4 Å². The first-order valence-electron chi connectivity index (χ1n) is 4.76. The molecule has 0 aromatic heterocycles. The molecule has 0 bridgehead atoms. The van der Waals surface area contributed by atoms with Crippen molar-refractivity contribution < 1.29 is 8.42 Å². The fourth-order valence-electron chi connectivity index (χ4n) is 2.44. The predicted molar refractivity (Wildman–Crippen MR) is 58.2 cm³/mol. The van der Waals surface area contributed by atoms with Gasteiger partial charge in [-0.05, 0) is 25.3 Å². The quantitative estimate of drug-likeness (QED) is 0.705. The predicted octanol–water partition coefficient (Wildman–Crippen LogP) is 0.0516. The molecule has 2 heterocycles. The number of hydrogen-bond donors (Lipinski definition) is 1. The zero-order valence-corrected chi connectivity index (χ0v) is 9.90. The van der Waals surface area contributed by atoms with Gasteiger partial charge in [0.25, 0.3) is 0 Å². The fraction of sp³-hybridized carbons (Fsp3) is 1.00. The number of halogens is 1. The molecule has 84 valence electrons. The maximum absolute atomic E-state index is 11.4. The second-order valence-electron chi connectivity index (χ2n) is 4.00. The number of nitrogens with one attached hydrogen (secondary N) is 1. The molecule has 2 unspecified atom stereocenters. The van der Waals surface area contributed by atoms with Crippen molar-refractivity contribution in [3.63, 3.8) is 0 Å². The highest BCUT2D eigenvalue weighted by atomic mass is 35.5. The van der Waals surface area contributed by atoms with E-state index in [0.717, 1.165) is 19.5 Å². The van der Waals surface area contributed by atoms with Gasteiger partial charge in [0.15, 0.2) is 0 Å². The van der Waals surface area contributed by atoms with E-state index < -0.39 is 10.0 Å². The van der Waals surface area contributed by atoms with E-state index in [4.69, 9.17) is 0 Å². The third kappa shape index (κ3) is 2.21. The molecule has 2 atom stereocenters. The van der Waals surface area contributed by atoms with E-state index in [-0.39, 0.29) is 18.4 Å². The van der Waals surface area contributed by atoms with Crippen LogP contribution in [0.1, 0.15) is 12.8 Å². The summed E-state index contributed by atoms with van der Waals surface area (Å²) in [6.45, 7) is 2.52. The van der Waals surface area contributed by atoms with Gasteiger partial charge in [-0.15, -0.1) is 12.4 Å². The lowest BCUT2D eigenvalue weighted by molar-refractivity contribution is 0.218. The lowest BCUT2D eigenvalue weighted by Gasteiger charge is -2.34. The molecule has 0 amide bonds. The van der Waals surface area contributed by atoms with Gasteiger partial charge in [-0.3, -0.25) is 0 Å². The Labute approximate surface area is 91.5 Å². The average Bonchev–Trinajstić information content (AvgIpc) is 2.48. The Hall–Kier alpha value is 0.160. The molecular formula is C8H17ClN2O2S. The molecule has 2 saturated heterocycles. The van der Waals surface area contributed by atoms with Gasteiger partial charge in [0.2, 0.25) is 10.0 Å². The lowest BCUT2D eigenvalue weighted by atomic mass is 9.94. The average molecular weight is 241 g/mol. The Bertz CT molecular complexity index is 294. The highest BCUT2D eigenvalue weighted by molar-refractivity contribution is 7.88. The molecule has 14 heavy (non-hydrogen) atoms. The molecule has 6 heteroatoms. The number of rotatable bonds is 1. The SMILES string of the molecule is CS(=O)(=O)N1CCCC2CNCC21.Cl. The standard InChI is InChI=1S/C8H16N2O2S.ClH/c1-13(11,12)10-4-2-3-7-5-9-6-8(7)10;/h7-9H,2-6H2,1H3;1H. The van der Waals surface area contributed by atoms with Crippen molar-refractivity contribution in [3.05, 3.63) is 0 Å². The van der Waals surface area contributed by atoms with Crippen LogP contribution in [0.4, 0.5) is 0 Å². The smallest absolute Gasteiger partial charge is 0.211 e. The first-order chi connectivity index (χ1) is 6.09. The summed E-state index contributed by atoms with van der Waals surface area (Å²) >= 11 is 0. The van der Waals surface area contributed by atoms with E-state index >= 15 is 0 Å². The second-order valence-corrected chi connectivity index (χ2v) is 5.94. The van der Waals surface area contributed by atoms with Crippen molar-refractivity contribution in [3.8, 4) is 0 Å². The van der Waals surface area contributed by atoms with Crippen molar-refractivity contribution in [2.45, 2.75) is 18.9 Å². The van der Waals surface area contributed by atoms with Gasteiger partial charge >= 0.3 is 0 Å². The van der Waals surface area contributed by atoms with E-state index in [0.29, 0.717) is 12.5 Å². The van der Waals surface area contributed by atoms with Gasteiger partial charge in [0.05, 0.1) is 6.26 Å². The molecule has 2 aliphatic heterocycles. The van der Waals surface area contributed by atoms with Gasteiger partial charge in [0.1, 0.15) is 0 Å². The summed E-state index contributed by atoms with van der Waals surface area (Å²) in [4.78, 5) is 0. The summed E-state index contributed by atoms with van der Waals surface area (Å²) in [7, 11) is -2.99. The Morgan fingerprint density at radius 1 is 1.36 bits per heavy atom. The number of hydrogen-bond acceptors (Lipinski definition) is 3. The summed E-state index contributed by atoms with van der Waals surface area (Å²) in [6.07, 6.45) is 3.49. The summed E-state index contributed by atoms with van der Waals surface area (Å²) in [5, 5.41) is 3.26. The van der Waals surface area contributed by atoms with Crippen LogP contribution in [0.3, 0.4) is 0 Å². The van der Waals surface area contributed by atoms with Crippen molar-refractivity contribution in [2.24, 2.45) is 5.92 Å². The van der Waals surface area contributed by atoms with Crippen LogP contribution in [0.15, 0.2) is 0 Å². The van der Waals surface area contributed by atoms with Crippen LogP contribution in [0, 0.1) is 5.92 Å². The Morgan fingerprint density at radius 3 is 2.71 bits per heavy atom. The Balaban J connectivity index is 0.000000980. The van der Waals surface area contributed by atoms with Crippen LogP contribution in [0.2, 0.25) is 0 Å². The first-order valence-corrected chi connectivity index (χ1v) is 6.61. The molecule has 2 aliphatic rings. The Morgan fingerprint density at radius 2 is 2.07 bits per heavy atom. The topological polar surface area (TPSA) is 49.4 Å². The number of fused-ring (bicyclic) bond motifs is 1. The van der Waals surface area contributed by atoms with Crippen molar-refractivity contribution in [1.82, 2.24) is 9.62 Å². The lowest BCUT2D eigenvalue weighted by Crippen LogP contribution is -2.47. The molecule has 0 aromatic rings.